The fourth-order valence-electron chi connectivity index (χ4n) is 3.71. The first kappa shape index (κ1) is 22.3. The van der Waals surface area contributed by atoms with Gasteiger partial charge < -0.3 is 0 Å². The fraction of sp³-hybridized carbons (Fsp3) is 0.522. The molecule has 1 aliphatic rings. The molecule has 0 radical (unpaired) electrons. The molecule has 0 aliphatic heterocycles. The molecule has 1 aliphatic carbocycles. The molecule has 0 bridgehead atoms. The molecule has 1 aromatic rings. The SMILES string of the molecule is CCc1ccc(C2=C(C(F)(F)F)C=C(NN=C(C)C)CC2C)cc1CC(C)C. The van der Waals surface area contributed by atoms with E-state index in [2.05, 4.69) is 31.3 Å². The molecule has 2 rings (SSSR count). The number of aryl methyl sites for hydroxylation is 1. The summed E-state index contributed by atoms with van der Waals surface area (Å²) in [5.74, 6) is 0.196. The van der Waals surface area contributed by atoms with Crippen LogP contribution in [0.3, 0.4) is 0 Å². The number of hydrogen-bond donors (Lipinski definition) is 1. The van der Waals surface area contributed by atoms with Crippen LogP contribution in [0.4, 0.5) is 13.2 Å². The highest BCUT2D eigenvalue weighted by Gasteiger charge is 2.39. The van der Waals surface area contributed by atoms with Crippen LogP contribution in [-0.4, -0.2) is 11.9 Å². The quantitative estimate of drug-likeness (QED) is 0.424. The van der Waals surface area contributed by atoms with Crippen LogP contribution in [0.25, 0.3) is 5.57 Å². The number of nitrogens with one attached hydrogen (secondary N) is 1. The molecule has 0 fully saturated rings. The van der Waals surface area contributed by atoms with Gasteiger partial charge in [0.1, 0.15) is 0 Å². The van der Waals surface area contributed by atoms with Crippen molar-refractivity contribution < 1.29 is 13.2 Å². The first-order valence-corrected chi connectivity index (χ1v) is 9.93. The van der Waals surface area contributed by atoms with Gasteiger partial charge in [0.2, 0.25) is 0 Å². The van der Waals surface area contributed by atoms with Crippen LogP contribution in [-0.2, 0) is 12.8 Å². The lowest BCUT2D eigenvalue weighted by atomic mass is 9.81. The van der Waals surface area contributed by atoms with E-state index < -0.39 is 11.7 Å². The summed E-state index contributed by atoms with van der Waals surface area (Å²) in [5.41, 5.74) is 6.90. The average Bonchev–Trinajstić information content (AvgIpc) is 2.58. The minimum atomic E-state index is -4.41. The number of hydrogen-bond acceptors (Lipinski definition) is 2. The van der Waals surface area contributed by atoms with Gasteiger partial charge in [-0.25, -0.2) is 0 Å². The molecular formula is C23H31F3N2. The zero-order chi connectivity index (χ0) is 21.1. The lowest BCUT2D eigenvalue weighted by molar-refractivity contribution is -0.0882. The number of alkyl halides is 3. The van der Waals surface area contributed by atoms with Crippen LogP contribution in [0.2, 0.25) is 0 Å². The monoisotopic (exact) mass is 392 g/mol. The smallest absolute Gasteiger partial charge is 0.283 e. The lowest BCUT2D eigenvalue weighted by Gasteiger charge is -2.28. The van der Waals surface area contributed by atoms with Crippen LogP contribution in [0, 0.1) is 11.8 Å². The maximum absolute atomic E-state index is 13.9. The van der Waals surface area contributed by atoms with Crippen molar-refractivity contribution in [2.75, 3.05) is 0 Å². The molecule has 1 atom stereocenters. The molecule has 1 unspecified atom stereocenters. The van der Waals surface area contributed by atoms with E-state index in [0.717, 1.165) is 24.1 Å². The normalized spacial score (nSPS) is 17.6. The van der Waals surface area contributed by atoms with Crippen molar-refractivity contribution in [1.82, 2.24) is 5.43 Å². The first-order valence-electron chi connectivity index (χ1n) is 9.93. The maximum atomic E-state index is 13.9. The lowest BCUT2D eigenvalue weighted by Crippen LogP contribution is -2.23. The molecule has 0 heterocycles. The summed E-state index contributed by atoms with van der Waals surface area (Å²) in [4.78, 5) is 0. The van der Waals surface area contributed by atoms with E-state index in [1.807, 2.05) is 25.1 Å². The number of benzene rings is 1. The summed E-state index contributed by atoms with van der Waals surface area (Å²) >= 11 is 0. The van der Waals surface area contributed by atoms with Crippen LogP contribution in [0.15, 0.2) is 40.6 Å². The number of allylic oxidation sites excluding steroid dienone is 4. The second-order valence-electron chi connectivity index (χ2n) is 8.21. The Hall–Kier alpha value is -2.04. The zero-order valence-corrected chi connectivity index (χ0v) is 17.7. The third-order valence-corrected chi connectivity index (χ3v) is 4.88. The van der Waals surface area contributed by atoms with Gasteiger partial charge in [-0.1, -0.05) is 45.9 Å². The summed E-state index contributed by atoms with van der Waals surface area (Å²) in [7, 11) is 0. The highest BCUT2D eigenvalue weighted by molar-refractivity contribution is 5.79. The van der Waals surface area contributed by atoms with Gasteiger partial charge in [-0.15, -0.1) is 0 Å². The standard InChI is InChI=1S/C23H31F3N2/c1-7-17-8-9-18(12-19(17)10-14(2)3)22-16(6)11-20(28-27-15(4)5)13-21(22)23(24,25)26/h8-9,12-14,16,28H,7,10-11H2,1-6H3. The van der Waals surface area contributed by atoms with E-state index in [0.29, 0.717) is 29.2 Å². The Balaban J connectivity index is 2.60. The van der Waals surface area contributed by atoms with Crippen molar-refractivity contribution in [3.8, 4) is 0 Å². The zero-order valence-electron chi connectivity index (χ0n) is 17.7. The van der Waals surface area contributed by atoms with Gasteiger partial charge in [-0.05, 0) is 73.3 Å². The molecule has 154 valence electrons. The van der Waals surface area contributed by atoms with Crippen LogP contribution < -0.4 is 5.43 Å². The highest BCUT2D eigenvalue weighted by atomic mass is 19.4. The number of halogens is 3. The van der Waals surface area contributed by atoms with E-state index in [-0.39, 0.29) is 5.92 Å². The molecule has 1 N–H and O–H groups in total. The Kier molecular flexibility index (Phi) is 7.13. The predicted molar refractivity (Wildman–Crippen MR) is 111 cm³/mol. The number of nitrogens with zero attached hydrogens (tertiary/aromatic N) is 1. The van der Waals surface area contributed by atoms with E-state index in [4.69, 9.17) is 0 Å². The van der Waals surface area contributed by atoms with Crippen molar-refractivity contribution in [1.29, 1.82) is 0 Å². The second kappa shape index (κ2) is 8.97. The van der Waals surface area contributed by atoms with E-state index in [1.54, 1.807) is 13.8 Å². The summed E-state index contributed by atoms with van der Waals surface area (Å²) < 4.78 is 41.7. The van der Waals surface area contributed by atoms with E-state index in [9.17, 15) is 13.2 Å². The van der Waals surface area contributed by atoms with E-state index >= 15 is 0 Å². The number of rotatable bonds is 6. The first-order chi connectivity index (χ1) is 13.0. The third-order valence-electron chi connectivity index (χ3n) is 4.88. The molecular weight excluding hydrogens is 361 g/mol. The molecule has 2 nitrogen and oxygen atoms in total. The van der Waals surface area contributed by atoms with Crippen LogP contribution in [0.5, 0.6) is 0 Å². The summed E-state index contributed by atoms with van der Waals surface area (Å²) in [6, 6.07) is 5.81. The largest absolute Gasteiger partial charge is 0.416 e. The Morgan fingerprint density at radius 3 is 2.43 bits per heavy atom. The minimum Gasteiger partial charge on any atom is -0.283 e. The van der Waals surface area contributed by atoms with Gasteiger partial charge in [0, 0.05) is 11.4 Å². The molecule has 0 aromatic heterocycles. The summed E-state index contributed by atoms with van der Waals surface area (Å²) in [5, 5.41) is 4.07. The Morgan fingerprint density at radius 2 is 1.89 bits per heavy atom. The third kappa shape index (κ3) is 5.49. The van der Waals surface area contributed by atoms with Crippen molar-refractivity contribution >= 4 is 11.3 Å². The van der Waals surface area contributed by atoms with Gasteiger partial charge in [0.25, 0.3) is 0 Å². The van der Waals surface area contributed by atoms with Crippen LogP contribution >= 0.6 is 0 Å². The number of hydrazone groups is 1. The summed E-state index contributed by atoms with van der Waals surface area (Å²) in [6.45, 7) is 11.8. The molecule has 0 amide bonds. The predicted octanol–water partition coefficient (Wildman–Crippen LogP) is 6.67. The van der Waals surface area contributed by atoms with Crippen molar-refractivity contribution in [2.45, 2.75) is 67.0 Å². The second-order valence-corrected chi connectivity index (χ2v) is 8.21. The van der Waals surface area contributed by atoms with Gasteiger partial charge in [-0.2, -0.15) is 18.3 Å². The highest BCUT2D eigenvalue weighted by Crippen LogP contribution is 2.43. The van der Waals surface area contributed by atoms with Gasteiger partial charge in [-0.3, -0.25) is 5.43 Å². The summed E-state index contributed by atoms with van der Waals surface area (Å²) in [6.07, 6.45) is -0.944. The Morgan fingerprint density at radius 1 is 1.21 bits per heavy atom. The Bertz CT molecular complexity index is 795. The van der Waals surface area contributed by atoms with Crippen molar-refractivity contribution in [2.24, 2.45) is 16.9 Å². The molecule has 0 spiro atoms. The van der Waals surface area contributed by atoms with Crippen molar-refractivity contribution in [3.05, 3.63) is 52.2 Å². The van der Waals surface area contributed by atoms with Crippen molar-refractivity contribution in [3.63, 3.8) is 0 Å². The van der Waals surface area contributed by atoms with Gasteiger partial charge >= 0.3 is 6.18 Å². The molecule has 5 heteroatoms. The molecule has 0 saturated carbocycles. The van der Waals surface area contributed by atoms with Gasteiger partial charge in [0.15, 0.2) is 0 Å². The Labute approximate surface area is 166 Å². The average molecular weight is 393 g/mol. The van der Waals surface area contributed by atoms with E-state index in [1.165, 1.54) is 11.6 Å². The maximum Gasteiger partial charge on any atom is 0.416 e. The topological polar surface area (TPSA) is 24.4 Å². The van der Waals surface area contributed by atoms with Crippen LogP contribution in [0.1, 0.15) is 64.7 Å². The minimum absolute atomic E-state index is 0.254. The molecule has 0 saturated heterocycles. The van der Waals surface area contributed by atoms with Gasteiger partial charge in [0.05, 0.1) is 5.57 Å². The molecule has 28 heavy (non-hydrogen) atoms. The molecule has 1 aromatic carbocycles. The fourth-order valence-corrected chi connectivity index (χ4v) is 3.71.